The summed E-state index contributed by atoms with van der Waals surface area (Å²) in [6.07, 6.45) is 11.7. The Balaban J connectivity index is 2.62. The van der Waals surface area contributed by atoms with Crippen LogP contribution < -0.4 is 0 Å². The molecule has 0 N–H and O–H groups in total. The highest BCUT2D eigenvalue weighted by Crippen LogP contribution is 2.36. The Bertz CT molecular complexity index is 337. The summed E-state index contributed by atoms with van der Waals surface area (Å²) in [4.78, 5) is 4.03. The van der Waals surface area contributed by atoms with Crippen molar-refractivity contribution < 1.29 is 4.42 Å². The van der Waals surface area contributed by atoms with Gasteiger partial charge in [-0.3, -0.25) is 0 Å². The highest BCUT2D eigenvalue weighted by Gasteiger charge is 2.29. The molecule has 1 unspecified atom stereocenters. The molecular weight excluding hydrogens is 246 g/mol. The molecule has 0 saturated heterocycles. The number of oxazole rings is 1. The van der Waals surface area contributed by atoms with Crippen LogP contribution in [-0.2, 0) is 5.41 Å². The third kappa shape index (κ3) is 4.64. The maximum atomic E-state index is 5.81. The van der Waals surface area contributed by atoms with E-state index in [0.29, 0.717) is 0 Å². The Hall–Kier alpha value is -0.500. The Morgan fingerprint density at radius 3 is 2.33 bits per heavy atom. The first kappa shape index (κ1) is 15.6. The van der Waals surface area contributed by atoms with E-state index in [1.54, 1.807) is 6.20 Å². The fourth-order valence-corrected chi connectivity index (χ4v) is 2.54. The van der Waals surface area contributed by atoms with Gasteiger partial charge >= 0.3 is 0 Å². The maximum Gasteiger partial charge on any atom is 0.292 e. The Morgan fingerprint density at radius 2 is 1.78 bits per heavy atom. The van der Waals surface area contributed by atoms with Crippen LogP contribution in [0, 0.1) is 0 Å². The van der Waals surface area contributed by atoms with Crippen LogP contribution in [0.25, 0.3) is 0 Å². The molecule has 1 rings (SSSR count). The van der Waals surface area contributed by atoms with Gasteiger partial charge in [-0.2, -0.15) is 0 Å². The first-order chi connectivity index (χ1) is 8.62. The second-order valence-corrected chi connectivity index (χ2v) is 5.78. The first-order valence-corrected chi connectivity index (χ1v) is 7.62. The van der Waals surface area contributed by atoms with Crippen LogP contribution in [0.15, 0.2) is 10.6 Å². The summed E-state index contributed by atoms with van der Waals surface area (Å²) in [6, 6.07) is 0. The van der Waals surface area contributed by atoms with E-state index >= 15 is 0 Å². The number of aromatic nitrogens is 1. The second kappa shape index (κ2) is 7.83. The molecule has 0 radical (unpaired) electrons. The molecule has 0 fully saturated rings. The molecule has 0 spiro atoms. The summed E-state index contributed by atoms with van der Waals surface area (Å²) in [5, 5.41) is 0.265. The fraction of sp³-hybridized carbons (Fsp3) is 0.800. The molecule has 3 heteroatoms. The van der Waals surface area contributed by atoms with Crippen molar-refractivity contribution in [2.24, 2.45) is 0 Å². The molecule has 0 aromatic carbocycles. The molecule has 0 aliphatic heterocycles. The quantitative estimate of drug-likeness (QED) is 0.535. The average Bonchev–Trinajstić information content (AvgIpc) is 2.80. The van der Waals surface area contributed by atoms with E-state index in [0.717, 1.165) is 12.2 Å². The molecule has 1 aromatic heterocycles. The normalized spacial score (nSPS) is 14.7. The molecule has 1 atom stereocenters. The number of hydrogen-bond donors (Lipinski definition) is 0. The second-order valence-electron chi connectivity index (χ2n) is 5.45. The molecule has 104 valence electrons. The van der Waals surface area contributed by atoms with E-state index in [-0.39, 0.29) is 10.8 Å². The molecule has 0 amide bonds. The number of halogens is 1. The lowest BCUT2D eigenvalue weighted by atomic mass is 9.78. The monoisotopic (exact) mass is 271 g/mol. The lowest BCUT2D eigenvalue weighted by Gasteiger charge is -2.27. The SMILES string of the molecule is CCCCCCC(C)(CCCC)c1cnc(Cl)o1. The van der Waals surface area contributed by atoms with Gasteiger partial charge in [0.2, 0.25) is 0 Å². The zero-order chi connectivity index (χ0) is 13.4. The van der Waals surface area contributed by atoms with Crippen LogP contribution in [0.5, 0.6) is 0 Å². The first-order valence-electron chi connectivity index (χ1n) is 7.24. The Morgan fingerprint density at radius 1 is 1.11 bits per heavy atom. The number of unbranched alkanes of at least 4 members (excludes halogenated alkanes) is 4. The molecular formula is C15H26ClNO. The third-order valence-electron chi connectivity index (χ3n) is 3.74. The molecule has 1 aromatic rings. The summed E-state index contributed by atoms with van der Waals surface area (Å²) < 4.78 is 5.56. The summed E-state index contributed by atoms with van der Waals surface area (Å²) in [6.45, 7) is 6.75. The van der Waals surface area contributed by atoms with Gasteiger partial charge in [0, 0.05) is 5.41 Å². The molecule has 18 heavy (non-hydrogen) atoms. The van der Waals surface area contributed by atoms with E-state index in [9.17, 15) is 0 Å². The Labute approximate surface area is 116 Å². The van der Waals surface area contributed by atoms with Crippen molar-refractivity contribution >= 4 is 11.6 Å². The van der Waals surface area contributed by atoms with Crippen molar-refractivity contribution in [1.82, 2.24) is 4.98 Å². The molecule has 2 nitrogen and oxygen atoms in total. The van der Waals surface area contributed by atoms with E-state index < -0.39 is 0 Å². The predicted octanol–water partition coefficient (Wildman–Crippen LogP) is 5.75. The highest BCUT2D eigenvalue weighted by molar-refractivity contribution is 6.27. The van der Waals surface area contributed by atoms with Crippen molar-refractivity contribution in [3.63, 3.8) is 0 Å². The van der Waals surface area contributed by atoms with Gasteiger partial charge in [0.1, 0.15) is 5.76 Å². The number of nitrogens with zero attached hydrogens (tertiary/aromatic N) is 1. The van der Waals surface area contributed by atoms with Crippen LogP contribution in [0.2, 0.25) is 5.35 Å². The van der Waals surface area contributed by atoms with E-state index in [1.165, 1.54) is 44.9 Å². The largest absolute Gasteiger partial charge is 0.432 e. The van der Waals surface area contributed by atoms with Gasteiger partial charge < -0.3 is 4.42 Å². The van der Waals surface area contributed by atoms with E-state index in [2.05, 4.69) is 25.8 Å². The summed E-state index contributed by atoms with van der Waals surface area (Å²) in [5.74, 6) is 0.956. The molecule has 0 aliphatic rings. The molecule has 0 aliphatic carbocycles. The lowest BCUT2D eigenvalue weighted by Crippen LogP contribution is -2.21. The van der Waals surface area contributed by atoms with Crippen LogP contribution in [0.4, 0.5) is 0 Å². The Kier molecular flexibility index (Phi) is 6.77. The van der Waals surface area contributed by atoms with Crippen molar-refractivity contribution in [3.05, 3.63) is 17.3 Å². The maximum absolute atomic E-state index is 5.81. The van der Waals surface area contributed by atoms with Gasteiger partial charge in [-0.1, -0.05) is 59.3 Å². The fourth-order valence-electron chi connectivity index (χ4n) is 2.41. The van der Waals surface area contributed by atoms with Gasteiger partial charge in [-0.25, -0.2) is 4.98 Å². The van der Waals surface area contributed by atoms with Crippen molar-refractivity contribution in [3.8, 4) is 0 Å². The molecule has 0 bridgehead atoms. The predicted molar refractivity (Wildman–Crippen MR) is 77.1 cm³/mol. The van der Waals surface area contributed by atoms with Gasteiger partial charge in [0.15, 0.2) is 0 Å². The summed E-state index contributed by atoms with van der Waals surface area (Å²) in [7, 11) is 0. The van der Waals surface area contributed by atoms with E-state index in [4.69, 9.17) is 16.0 Å². The zero-order valence-corrected chi connectivity index (χ0v) is 12.7. The van der Waals surface area contributed by atoms with Crippen LogP contribution in [-0.4, -0.2) is 4.98 Å². The van der Waals surface area contributed by atoms with Gasteiger partial charge in [-0.05, 0) is 24.4 Å². The summed E-state index contributed by atoms with van der Waals surface area (Å²) in [5.41, 5.74) is 0.101. The lowest BCUT2D eigenvalue weighted by molar-refractivity contribution is 0.301. The smallest absolute Gasteiger partial charge is 0.292 e. The van der Waals surface area contributed by atoms with Gasteiger partial charge in [-0.15, -0.1) is 0 Å². The van der Waals surface area contributed by atoms with Crippen molar-refractivity contribution in [2.75, 3.05) is 0 Å². The number of hydrogen-bond acceptors (Lipinski definition) is 2. The van der Waals surface area contributed by atoms with E-state index in [1.807, 2.05) is 0 Å². The average molecular weight is 272 g/mol. The summed E-state index contributed by atoms with van der Waals surface area (Å²) >= 11 is 5.81. The van der Waals surface area contributed by atoms with Crippen molar-refractivity contribution in [2.45, 2.75) is 77.6 Å². The number of rotatable bonds is 9. The van der Waals surface area contributed by atoms with Gasteiger partial charge in [0.05, 0.1) is 6.20 Å². The van der Waals surface area contributed by atoms with Gasteiger partial charge in [0.25, 0.3) is 5.35 Å². The minimum atomic E-state index is 0.101. The standard InChI is InChI=1S/C15H26ClNO/c1-4-6-8-9-11-15(3,10-7-5-2)13-12-17-14(16)18-13/h12H,4-11H2,1-3H3. The van der Waals surface area contributed by atoms with Crippen molar-refractivity contribution in [1.29, 1.82) is 0 Å². The minimum absolute atomic E-state index is 0.101. The van der Waals surface area contributed by atoms with Crippen LogP contribution >= 0.6 is 11.6 Å². The van der Waals surface area contributed by atoms with Crippen LogP contribution in [0.3, 0.4) is 0 Å². The topological polar surface area (TPSA) is 26.0 Å². The minimum Gasteiger partial charge on any atom is -0.432 e. The third-order valence-corrected chi connectivity index (χ3v) is 3.91. The van der Waals surface area contributed by atoms with Crippen LogP contribution in [0.1, 0.15) is 77.9 Å². The molecule has 1 heterocycles. The highest BCUT2D eigenvalue weighted by atomic mass is 35.5. The zero-order valence-electron chi connectivity index (χ0n) is 12.0. The molecule has 0 saturated carbocycles.